The molecule has 0 aliphatic rings. The Morgan fingerprint density at radius 1 is 1.00 bits per heavy atom. The highest BCUT2D eigenvalue weighted by molar-refractivity contribution is 6.30. The van der Waals surface area contributed by atoms with E-state index in [9.17, 15) is 0 Å². The van der Waals surface area contributed by atoms with Gasteiger partial charge in [0.1, 0.15) is 0 Å². The standard InChI is InChI=1S/C16H18ClN.ClH/c1-12(13-8-10-15(17)11-9-13)16(2,18)14-6-4-3-5-7-14;/h3-12H,18H2,1-2H3;1H. The Kier molecular flexibility index (Phi) is 5.42. The first kappa shape index (κ1) is 16.0. The van der Waals surface area contributed by atoms with Crippen molar-refractivity contribution >= 4 is 24.0 Å². The van der Waals surface area contributed by atoms with Gasteiger partial charge in [-0.2, -0.15) is 0 Å². The van der Waals surface area contributed by atoms with Crippen molar-refractivity contribution in [2.24, 2.45) is 5.73 Å². The Hall–Kier alpha value is -1.02. The van der Waals surface area contributed by atoms with Gasteiger partial charge in [0.05, 0.1) is 0 Å². The van der Waals surface area contributed by atoms with Gasteiger partial charge in [0.2, 0.25) is 0 Å². The number of hydrogen-bond acceptors (Lipinski definition) is 1. The van der Waals surface area contributed by atoms with E-state index in [0.717, 1.165) is 10.6 Å². The summed E-state index contributed by atoms with van der Waals surface area (Å²) in [5.74, 6) is 0.220. The predicted molar refractivity (Wildman–Crippen MR) is 85.1 cm³/mol. The second-order valence-electron chi connectivity index (χ2n) is 4.92. The molecular formula is C16H19Cl2N. The average molecular weight is 296 g/mol. The SMILES string of the molecule is CC(c1ccc(Cl)cc1)C(C)(N)c1ccccc1.Cl. The summed E-state index contributed by atoms with van der Waals surface area (Å²) in [6.07, 6.45) is 0. The zero-order valence-electron chi connectivity index (χ0n) is 11.1. The minimum atomic E-state index is -0.394. The monoisotopic (exact) mass is 295 g/mol. The molecule has 0 aliphatic carbocycles. The van der Waals surface area contributed by atoms with E-state index < -0.39 is 5.54 Å². The van der Waals surface area contributed by atoms with Crippen LogP contribution in [0.15, 0.2) is 54.6 Å². The van der Waals surface area contributed by atoms with E-state index in [1.54, 1.807) is 0 Å². The third-order valence-corrected chi connectivity index (χ3v) is 3.92. The first-order valence-electron chi connectivity index (χ1n) is 6.11. The lowest BCUT2D eigenvalue weighted by Gasteiger charge is -2.32. The Balaban J connectivity index is 0.00000180. The van der Waals surface area contributed by atoms with Gasteiger partial charge in [-0.15, -0.1) is 12.4 Å². The van der Waals surface area contributed by atoms with Gasteiger partial charge in [0, 0.05) is 16.5 Å². The molecule has 0 amide bonds. The van der Waals surface area contributed by atoms with Crippen LogP contribution in [0.25, 0.3) is 0 Å². The third-order valence-electron chi connectivity index (χ3n) is 3.67. The molecule has 2 aromatic carbocycles. The normalized spacial score (nSPS) is 15.2. The van der Waals surface area contributed by atoms with Crippen molar-refractivity contribution in [2.45, 2.75) is 25.3 Å². The second-order valence-corrected chi connectivity index (χ2v) is 5.36. The molecule has 2 rings (SSSR count). The van der Waals surface area contributed by atoms with Crippen LogP contribution in [0.3, 0.4) is 0 Å². The smallest absolute Gasteiger partial charge is 0.0447 e. The molecule has 0 spiro atoms. The topological polar surface area (TPSA) is 26.0 Å². The first-order valence-corrected chi connectivity index (χ1v) is 6.49. The fourth-order valence-corrected chi connectivity index (χ4v) is 2.27. The average Bonchev–Trinajstić information content (AvgIpc) is 2.40. The van der Waals surface area contributed by atoms with Crippen molar-refractivity contribution in [1.29, 1.82) is 0 Å². The van der Waals surface area contributed by atoms with Crippen molar-refractivity contribution in [2.75, 3.05) is 0 Å². The zero-order valence-corrected chi connectivity index (χ0v) is 12.7. The molecule has 2 aromatic rings. The molecule has 3 heteroatoms. The van der Waals surface area contributed by atoms with Crippen LogP contribution in [0.2, 0.25) is 5.02 Å². The van der Waals surface area contributed by atoms with Crippen molar-refractivity contribution in [3.8, 4) is 0 Å². The van der Waals surface area contributed by atoms with Gasteiger partial charge in [-0.1, -0.05) is 61.0 Å². The van der Waals surface area contributed by atoms with Gasteiger partial charge in [-0.3, -0.25) is 0 Å². The summed E-state index contributed by atoms with van der Waals surface area (Å²) in [5, 5.41) is 0.754. The molecule has 0 heterocycles. The van der Waals surface area contributed by atoms with E-state index in [1.165, 1.54) is 5.56 Å². The van der Waals surface area contributed by atoms with Crippen LogP contribution in [0.4, 0.5) is 0 Å². The van der Waals surface area contributed by atoms with Crippen LogP contribution in [0.1, 0.15) is 30.9 Å². The molecule has 0 saturated heterocycles. The maximum atomic E-state index is 6.52. The van der Waals surface area contributed by atoms with Crippen LogP contribution in [-0.2, 0) is 5.54 Å². The molecule has 2 atom stereocenters. The summed E-state index contributed by atoms with van der Waals surface area (Å²) >= 11 is 5.92. The summed E-state index contributed by atoms with van der Waals surface area (Å²) in [7, 11) is 0. The van der Waals surface area contributed by atoms with Crippen LogP contribution < -0.4 is 5.73 Å². The van der Waals surface area contributed by atoms with E-state index in [2.05, 4.69) is 26.0 Å². The molecule has 1 nitrogen and oxygen atoms in total. The number of nitrogens with two attached hydrogens (primary N) is 1. The van der Waals surface area contributed by atoms with Gasteiger partial charge in [0.15, 0.2) is 0 Å². The van der Waals surface area contributed by atoms with Crippen LogP contribution in [0.5, 0.6) is 0 Å². The fourth-order valence-electron chi connectivity index (χ4n) is 2.14. The molecule has 0 saturated carbocycles. The van der Waals surface area contributed by atoms with E-state index in [4.69, 9.17) is 17.3 Å². The highest BCUT2D eigenvalue weighted by atomic mass is 35.5. The Labute approximate surface area is 126 Å². The van der Waals surface area contributed by atoms with Crippen molar-refractivity contribution in [1.82, 2.24) is 0 Å². The molecule has 0 aromatic heterocycles. The van der Waals surface area contributed by atoms with Crippen LogP contribution in [-0.4, -0.2) is 0 Å². The predicted octanol–water partition coefficient (Wildman–Crippen LogP) is 4.74. The zero-order chi connectivity index (χ0) is 13.2. The summed E-state index contributed by atoms with van der Waals surface area (Å²) in [5.41, 5.74) is 8.47. The van der Waals surface area contributed by atoms with E-state index in [1.807, 2.05) is 42.5 Å². The quantitative estimate of drug-likeness (QED) is 0.870. The molecule has 102 valence electrons. The minimum absolute atomic E-state index is 0. The molecule has 0 aliphatic heterocycles. The minimum Gasteiger partial charge on any atom is -0.321 e. The molecule has 0 bridgehead atoms. The largest absolute Gasteiger partial charge is 0.321 e. The van der Waals surface area contributed by atoms with Crippen LogP contribution >= 0.6 is 24.0 Å². The highest BCUT2D eigenvalue weighted by Gasteiger charge is 2.29. The van der Waals surface area contributed by atoms with Crippen molar-refractivity contribution < 1.29 is 0 Å². The fraction of sp³-hybridized carbons (Fsp3) is 0.250. The molecule has 19 heavy (non-hydrogen) atoms. The molecule has 2 N–H and O–H groups in total. The lowest BCUT2D eigenvalue weighted by Crippen LogP contribution is -2.38. The summed E-state index contributed by atoms with van der Waals surface area (Å²) in [4.78, 5) is 0. The number of rotatable bonds is 3. The maximum absolute atomic E-state index is 6.52. The van der Waals surface area contributed by atoms with Gasteiger partial charge < -0.3 is 5.73 Å². The van der Waals surface area contributed by atoms with Gasteiger partial charge in [-0.05, 0) is 30.2 Å². The van der Waals surface area contributed by atoms with Crippen LogP contribution in [0, 0.1) is 0 Å². The lowest BCUT2D eigenvalue weighted by molar-refractivity contribution is 0.411. The maximum Gasteiger partial charge on any atom is 0.0447 e. The first-order chi connectivity index (χ1) is 8.51. The summed E-state index contributed by atoms with van der Waals surface area (Å²) < 4.78 is 0. The third kappa shape index (κ3) is 3.50. The second kappa shape index (κ2) is 6.42. The van der Waals surface area contributed by atoms with E-state index in [0.29, 0.717) is 0 Å². The summed E-state index contributed by atoms with van der Waals surface area (Å²) in [6.45, 7) is 4.22. The Bertz CT molecular complexity index is 506. The van der Waals surface area contributed by atoms with Gasteiger partial charge >= 0.3 is 0 Å². The van der Waals surface area contributed by atoms with E-state index >= 15 is 0 Å². The molecule has 0 radical (unpaired) electrons. The molecule has 2 unspecified atom stereocenters. The van der Waals surface area contributed by atoms with Crippen molar-refractivity contribution in [3.05, 3.63) is 70.7 Å². The lowest BCUT2D eigenvalue weighted by atomic mass is 9.78. The number of benzene rings is 2. The molecule has 0 fully saturated rings. The number of halogens is 2. The van der Waals surface area contributed by atoms with Gasteiger partial charge in [0.25, 0.3) is 0 Å². The Morgan fingerprint density at radius 3 is 2.05 bits per heavy atom. The van der Waals surface area contributed by atoms with Crippen molar-refractivity contribution in [3.63, 3.8) is 0 Å². The molecular weight excluding hydrogens is 277 g/mol. The van der Waals surface area contributed by atoms with E-state index in [-0.39, 0.29) is 18.3 Å². The van der Waals surface area contributed by atoms with Gasteiger partial charge in [-0.25, -0.2) is 0 Å². The summed E-state index contributed by atoms with van der Waals surface area (Å²) in [6, 6.07) is 18.1. The highest BCUT2D eigenvalue weighted by Crippen LogP contribution is 2.34. The number of hydrogen-bond donors (Lipinski definition) is 1. The Morgan fingerprint density at radius 2 is 1.53 bits per heavy atom.